The van der Waals surface area contributed by atoms with E-state index in [9.17, 15) is 0 Å². The van der Waals surface area contributed by atoms with Crippen LogP contribution < -0.4 is 10.1 Å². The van der Waals surface area contributed by atoms with E-state index in [1.807, 2.05) is 0 Å². The molecule has 1 aromatic carbocycles. The molecule has 0 radical (unpaired) electrons. The summed E-state index contributed by atoms with van der Waals surface area (Å²) in [5, 5.41) is 3.58. The van der Waals surface area contributed by atoms with Crippen molar-refractivity contribution in [1.82, 2.24) is 5.32 Å². The van der Waals surface area contributed by atoms with E-state index in [1.165, 1.54) is 5.56 Å². The number of methoxy groups -OCH3 is 1. The second-order valence-electron chi connectivity index (χ2n) is 5.60. The van der Waals surface area contributed by atoms with Crippen LogP contribution in [0.2, 0.25) is 0 Å². The zero-order valence-electron chi connectivity index (χ0n) is 12.8. The zero-order valence-corrected chi connectivity index (χ0v) is 14.3. The van der Waals surface area contributed by atoms with Gasteiger partial charge in [0.2, 0.25) is 0 Å². The van der Waals surface area contributed by atoms with Crippen molar-refractivity contribution < 1.29 is 9.47 Å². The molecule has 2 rings (SSSR count). The number of likely N-dealkylation sites (N-methyl/N-ethyl adjacent to an activating group) is 1. The Bertz CT molecular complexity index is 470. The summed E-state index contributed by atoms with van der Waals surface area (Å²) in [7, 11) is 1.73. The second-order valence-corrected chi connectivity index (χ2v) is 6.45. The molecule has 0 amide bonds. The summed E-state index contributed by atoms with van der Waals surface area (Å²) in [6, 6.07) is 4.39. The highest BCUT2D eigenvalue weighted by Crippen LogP contribution is 2.42. The van der Waals surface area contributed by atoms with Crippen molar-refractivity contribution in [2.45, 2.75) is 45.3 Å². The summed E-state index contributed by atoms with van der Waals surface area (Å²) >= 11 is 3.63. The largest absolute Gasteiger partial charge is 0.496 e. The molecular weight excluding hydrogens is 318 g/mol. The van der Waals surface area contributed by atoms with Crippen LogP contribution in [0.3, 0.4) is 0 Å². The summed E-state index contributed by atoms with van der Waals surface area (Å²) in [6.45, 7) is 8.14. The smallest absolute Gasteiger partial charge is 0.124 e. The average Bonchev–Trinajstić information content (AvgIpc) is 2.86. The minimum atomic E-state index is -0.169. The number of benzene rings is 1. The van der Waals surface area contributed by atoms with Crippen molar-refractivity contribution in [3.05, 3.63) is 27.7 Å². The topological polar surface area (TPSA) is 30.5 Å². The van der Waals surface area contributed by atoms with Gasteiger partial charge in [-0.2, -0.15) is 0 Å². The van der Waals surface area contributed by atoms with Crippen molar-refractivity contribution in [1.29, 1.82) is 0 Å². The van der Waals surface area contributed by atoms with Crippen molar-refractivity contribution >= 4 is 15.9 Å². The predicted octanol–water partition coefficient (Wildman–Crippen LogP) is 3.99. The van der Waals surface area contributed by atoms with Gasteiger partial charge in [0.05, 0.1) is 18.8 Å². The van der Waals surface area contributed by atoms with Crippen LogP contribution in [0.5, 0.6) is 5.75 Å². The summed E-state index contributed by atoms with van der Waals surface area (Å²) in [5.74, 6) is 0.924. The maximum absolute atomic E-state index is 6.05. The van der Waals surface area contributed by atoms with E-state index in [0.717, 1.165) is 41.8 Å². The third-order valence-corrected chi connectivity index (χ3v) is 4.94. The Morgan fingerprint density at radius 3 is 2.80 bits per heavy atom. The standard InChI is InChI=1S/C16H24BrNO2/c1-5-18-15(16(3)7-6-8-20-16)12-10-13(17)11(2)9-14(12)19-4/h9-10,15,18H,5-8H2,1-4H3. The molecule has 1 aromatic rings. The fourth-order valence-corrected chi connectivity index (χ4v) is 3.32. The third-order valence-electron chi connectivity index (χ3n) is 4.09. The van der Waals surface area contributed by atoms with E-state index in [1.54, 1.807) is 7.11 Å². The van der Waals surface area contributed by atoms with Crippen molar-refractivity contribution in [2.24, 2.45) is 0 Å². The number of halogens is 1. The first-order valence-electron chi connectivity index (χ1n) is 7.23. The Morgan fingerprint density at radius 2 is 2.25 bits per heavy atom. The van der Waals surface area contributed by atoms with Crippen LogP contribution >= 0.6 is 15.9 Å². The Morgan fingerprint density at radius 1 is 1.50 bits per heavy atom. The van der Waals surface area contributed by atoms with E-state index in [-0.39, 0.29) is 11.6 Å². The normalized spacial score (nSPS) is 23.9. The molecule has 0 aliphatic carbocycles. The quantitative estimate of drug-likeness (QED) is 0.878. The molecule has 1 saturated heterocycles. The van der Waals surface area contributed by atoms with Gasteiger partial charge in [0.1, 0.15) is 5.75 Å². The highest BCUT2D eigenvalue weighted by atomic mass is 79.9. The van der Waals surface area contributed by atoms with Gasteiger partial charge in [-0.15, -0.1) is 0 Å². The van der Waals surface area contributed by atoms with Crippen LogP contribution in [0.25, 0.3) is 0 Å². The lowest BCUT2D eigenvalue weighted by atomic mass is 9.86. The molecule has 2 atom stereocenters. The van der Waals surface area contributed by atoms with Gasteiger partial charge in [0.15, 0.2) is 0 Å². The molecule has 20 heavy (non-hydrogen) atoms. The Hall–Kier alpha value is -0.580. The van der Waals surface area contributed by atoms with Gasteiger partial charge in [-0.05, 0) is 50.9 Å². The number of ether oxygens (including phenoxy) is 2. The molecule has 1 N–H and O–H groups in total. The summed E-state index contributed by atoms with van der Waals surface area (Å²) in [6.07, 6.45) is 2.19. The molecule has 1 aliphatic heterocycles. The average molecular weight is 342 g/mol. The second kappa shape index (κ2) is 6.46. The number of hydrogen-bond acceptors (Lipinski definition) is 3. The molecule has 0 aromatic heterocycles. The molecular formula is C16H24BrNO2. The van der Waals surface area contributed by atoms with Gasteiger partial charge >= 0.3 is 0 Å². The van der Waals surface area contributed by atoms with Gasteiger partial charge in [0.25, 0.3) is 0 Å². The van der Waals surface area contributed by atoms with Crippen LogP contribution in [0.4, 0.5) is 0 Å². The van der Waals surface area contributed by atoms with E-state index >= 15 is 0 Å². The Labute approximate surface area is 130 Å². The minimum absolute atomic E-state index is 0.141. The van der Waals surface area contributed by atoms with Crippen LogP contribution in [0.1, 0.15) is 43.9 Å². The Balaban J connectivity index is 2.45. The maximum Gasteiger partial charge on any atom is 0.124 e. The number of rotatable bonds is 5. The Kier molecular flexibility index (Phi) is 5.10. The maximum atomic E-state index is 6.05. The molecule has 0 saturated carbocycles. The molecule has 4 heteroatoms. The van der Waals surface area contributed by atoms with E-state index in [2.05, 4.69) is 54.2 Å². The van der Waals surface area contributed by atoms with Crippen LogP contribution in [-0.2, 0) is 4.74 Å². The van der Waals surface area contributed by atoms with Gasteiger partial charge < -0.3 is 14.8 Å². The highest BCUT2D eigenvalue weighted by Gasteiger charge is 2.40. The predicted molar refractivity (Wildman–Crippen MR) is 85.4 cm³/mol. The molecule has 0 spiro atoms. The first-order chi connectivity index (χ1) is 9.51. The molecule has 3 nitrogen and oxygen atoms in total. The van der Waals surface area contributed by atoms with Gasteiger partial charge in [0, 0.05) is 16.6 Å². The van der Waals surface area contributed by atoms with Gasteiger partial charge in [-0.1, -0.05) is 22.9 Å². The number of nitrogens with one attached hydrogen (secondary N) is 1. The van der Waals surface area contributed by atoms with Crippen molar-refractivity contribution in [3.63, 3.8) is 0 Å². The van der Waals surface area contributed by atoms with Crippen molar-refractivity contribution in [2.75, 3.05) is 20.3 Å². The lowest BCUT2D eigenvalue weighted by Gasteiger charge is -2.35. The van der Waals surface area contributed by atoms with Crippen LogP contribution in [-0.4, -0.2) is 25.9 Å². The molecule has 1 heterocycles. The SMILES string of the molecule is CCNC(c1cc(Br)c(C)cc1OC)C1(C)CCCO1. The van der Waals surface area contributed by atoms with E-state index in [0.29, 0.717) is 0 Å². The van der Waals surface area contributed by atoms with E-state index < -0.39 is 0 Å². The van der Waals surface area contributed by atoms with Crippen LogP contribution in [0.15, 0.2) is 16.6 Å². The van der Waals surface area contributed by atoms with Crippen molar-refractivity contribution in [3.8, 4) is 5.75 Å². The van der Waals surface area contributed by atoms with Gasteiger partial charge in [-0.25, -0.2) is 0 Å². The number of hydrogen-bond donors (Lipinski definition) is 1. The minimum Gasteiger partial charge on any atom is -0.496 e. The molecule has 1 aliphatic rings. The molecule has 112 valence electrons. The monoisotopic (exact) mass is 341 g/mol. The molecule has 2 unspecified atom stereocenters. The molecule has 1 fully saturated rings. The summed E-state index contributed by atoms with van der Waals surface area (Å²) in [4.78, 5) is 0. The third kappa shape index (κ3) is 3.02. The fraction of sp³-hybridized carbons (Fsp3) is 0.625. The molecule has 0 bridgehead atoms. The number of aryl methyl sites for hydroxylation is 1. The zero-order chi connectivity index (χ0) is 14.8. The van der Waals surface area contributed by atoms with E-state index in [4.69, 9.17) is 9.47 Å². The lowest BCUT2D eigenvalue weighted by Crippen LogP contribution is -2.41. The summed E-state index contributed by atoms with van der Waals surface area (Å²) in [5.41, 5.74) is 2.17. The summed E-state index contributed by atoms with van der Waals surface area (Å²) < 4.78 is 12.8. The fourth-order valence-electron chi connectivity index (χ4n) is 2.96. The first kappa shape index (κ1) is 15.8. The lowest BCUT2D eigenvalue weighted by molar-refractivity contribution is -0.0126. The first-order valence-corrected chi connectivity index (χ1v) is 8.02. The van der Waals surface area contributed by atoms with Crippen LogP contribution in [0, 0.1) is 6.92 Å². The highest BCUT2D eigenvalue weighted by molar-refractivity contribution is 9.10. The van der Waals surface area contributed by atoms with Gasteiger partial charge in [-0.3, -0.25) is 0 Å².